The molecule has 26 heavy (non-hydrogen) atoms. The fourth-order valence-electron chi connectivity index (χ4n) is 2.80. The smallest absolute Gasteiger partial charge is 0.255 e. The van der Waals surface area contributed by atoms with Crippen molar-refractivity contribution in [1.29, 1.82) is 0 Å². The summed E-state index contributed by atoms with van der Waals surface area (Å²) in [5, 5.41) is 3.94. The molecule has 0 radical (unpaired) electrons. The minimum atomic E-state index is 0.0453. The highest BCUT2D eigenvalue weighted by atomic mass is 32.2. The molecule has 1 aromatic carbocycles. The second-order valence-corrected chi connectivity index (χ2v) is 7.17. The van der Waals surface area contributed by atoms with Crippen molar-refractivity contribution in [2.24, 2.45) is 0 Å². The zero-order valence-electron chi connectivity index (χ0n) is 14.2. The maximum Gasteiger partial charge on any atom is 0.255 e. The number of likely N-dealkylation sites (tertiary alicyclic amines) is 1. The summed E-state index contributed by atoms with van der Waals surface area (Å²) in [7, 11) is 0. The van der Waals surface area contributed by atoms with Gasteiger partial charge in [-0.1, -0.05) is 24.2 Å². The van der Waals surface area contributed by atoms with E-state index in [2.05, 4.69) is 27.0 Å². The van der Waals surface area contributed by atoms with Crippen LogP contribution in [0.5, 0.6) is 0 Å². The molecule has 0 bridgehead atoms. The standard InChI is InChI=1S/C18H17N5O2S/c1-2-26-14-7-4-3-6-13(14)18(24)23-10-12(11-23)17-21-16(22-25-17)15-19-8-5-9-20-15/h3-9,12H,2,10-11H2,1H3. The molecular formula is C18H17N5O2S. The quantitative estimate of drug-likeness (QED) is 0.641. The van der Waals surface area contributed by atoms with Crippen molar-refractivity contribution >= 4 is 17.7 Å². The van der Waals surface area contributed by atoms with Gasteiger partial charge in [0.15, 0.2) is 0 Å². The molecule has 8 heteroatoms. The second kappa shape index (κ2) is 7.25. The summed E-state index contributed by atoms with van der Waals surface area (Å²) < 4.78 is 5.34. The molecule has 0 atom stereocenters. The Labute approximate surface area is 154 Å². The van der Waals surface area contributed by atoms with Gasteiger partial charge in [-0.2, -0.15) is 4.98 Å². The maximum absolute atomic E-state index is 12.8. The summed E-state index contributed by atoms with van der Waals surface area (Å²) in [5.74, 6) is 2.35. The molecule has 1 saturated heterocycles. The third-order valence-electron chi connectivity index (χ3n) is 4.14. The topological polar surface area (TPSA) is 85.0 Å². The fourth-order valence-corrected chi connectivity index (χ4v) is 3.60. The molecule has 0 N–H and O–H groups in total. The van der Waals surface area contributed by atoms with Gasteiger partial charge in [0.1, 0.15) is 0 Å². The molecule has 132 valence electrons. The highest BCUT2D eigenvalue weighted by Crippen LogP contribution is 2.30. The van der Waals surface area contributed by atoms with Crippen molar-refractivity contribution in [2.75, 3.05) is 18.8 Å². The Morgan fingerprint density at radius 2 is 1.96 bits per heavy atom. The molecule has 0 aliphatic carbocycles. The van der Waals surface area contributed by atoms with Crippen molar-refractivity contribution in [3.8, 4) is 11.6 Å². The first kappa shape index (κ1) is 16.7. The first-order valence-corrected chi connectivity index (χ1v) is 9.37. The normalized spacial score (nSPS) is 14.3. The van der Waals surface area contributed by atoms with Crippen LogP contribution in [-0.4, -0.2) is 49.8 Å². The van der Waals surface area contributed by atoms with Crippen molar-refractivity contribution in [2.45, 2.75) is 17.7 Å². The van der Waals surface area contributed by atoms with E-state index in [0.29, 0.717) is 30.6 Å². The molecule has 1 fully saturated rings. The van der Waals surface area contributed by atoms with Gasteiger partial charge in [-0.25, -0.2) is 9.97 Å². The van der Waals surface area contributed by atoms with Crippen LogP contribution in [0, 0.1) is 0 Å². The van der Waals surface area contributed by atoms with Gasteiger partial charge in [-0.3, -0.25) is 4.79 Å². The number of hydrogen-bond donors (Lipinski definition) is 0. The van der Waals surface area contributed by atoms with Crippen LogP contribution in [0.1, 0.15) is 29.1 Å². The summed E-state index contributed by atoms with van der Waals surface area (Å²) >= 11 is 1.68. The van der Waals surface area contributed by atoms with Gasteiger partial charge >= 0.3 is 0 Å². The lowest BCUT2D eigenvalue weighted by Gasteiger charge is -2.37. The van der Waals surface area contributed by atoms with Gasteiger partial charge < -0.3 is 9.42 Å². The van der Waals surface area contributed by atoms with E-state index in [-0.39, 0.29) is 11.8 Å². The fraction of sp³-hybridized carbons (Fsp3) is 0.278. The number of carbonyl (C=O) groups excluding carboxylic acids is 1. The van der Waals surface area contributed by atoms with Crippen molar-refractivity contribution in [1.82, 2.24) is 25.0 Å². The summed E-state index contributed by atoms with van der Waals surface area (Å²) in [4.78, 5) is 28.2. The molecule has 2 aromatic heterocycles. The van der Waals surface area contributed by atoms with E-state index in [4.69, 9.17) is 4.52 Å². The predicted octanol–water partition coefficient (Wildman–Crippen LogP) is 2.88. The van der Waals surface area contributed by atoms with Crippen molar-refractivity contribution in [3.05, 3.63) is 54.2 Å². The molecular weight excluding hydrogens is 350 g/mol. The molecule has 1 aliphatic rings. The minimum Gasteiger partial charge on any atom is -0.338 e. The Morgan fingerprint density at radius 3 is 2.73 bits per heavy atom. The number of aromatic nitrogens is 4. The summed E-state index contributed by atoms with van der Waals surface area (Å²) in [6.45, 7) is 3.22. The molecule has 4 rings (SSSR count). The number of amides is 1. The highest BCUT2D eigenvalue weighted by molar-refractivity contribution is 7.99. The molecule has 3 aromatic rings. The molecule has 7 nitrogen and oxygen atoms in total. The highest BCUT2D eigenvalue weighted by Gasteiger charge is 2.36. The average molecular weight is 367 g/mol. The second-order valence-electron chi connectivity index (χ2n) is 5.86. The predicted molar refractivity (Wildman–Crippen MR) is 96.8 cm³/mol. The zero-order chi connectivity index (χ0) is 17.9. The lowest BCUT2D eigenvalue weighted by Crippen LogP contribution is -2.48. The van der Waals surface area contributed by atoms with Crippen LogP contribution in [0.15, 0.2) is 52.1 Å². The van der Waals surface area contributed by atoms with E-state index in [1.807, 2.05) is 29.2 Å². The van der Waals surface area contributed by atoms with Crippen molar-refractivity contribution in [3.63, 3.8) is 0 Å². The Balaban J connectivity index is 1.43. The Hall–Kier alpha value is -2.74. The van der Waals surface area contributed by atoms with Gasteiger partial charge in [0.2, 0.25) is 17.5 Å². The van der Waals surface area contributed by atoms with Crippen LogP contribution in [-0.2, 0) is 0 Å². The van der Waals surface area contributed by atoms with E-state index in [9.17, 15) is 4.79 Å². The molecule has 0 saturated carbocycles. The zero-order valence-corrected chi connectivity index (χ0v) is 15.0. The van der Waals surface area contributed by atoms with E-state index < -0.39 is 0 Å². The van der Waals surface area contributed by atoms with Crippen LogP contribution >= 0.6 is 11.8 Å². The lowest BCUT2D eigenvalue weighted by atomic mass is 9.99. The minimum absolute atomic E-state index is 0.0453. The molecule has 1 aliphatic heterocycles. The molecule has 3 heterocycles. The van der Waals surface area contributed by atoms with Gasteiger partial charge in [-0.15, -0.1) is 11.8 Å². The van der Waals surface area contributed by atoms with Gasteiger partial charge in [0.05, 0.1) is 11.5 Å². The average Bonchev–Trinajstić information content (AvgIpc) is 3.11. The van der Waals surface area contributed by atoms with Gasteiger partial charge in [-0.05, 0) is 24.0 Å². The SMILES string of the molecule is CCSc1ccccc1C(=O)N1CC(c2nc(-c3ncccn3)no2)C1. The molecule has 1 amide bonds. The van der Waals surface area contributed by atoms with Crippen LogP contribution < -0.4 is 0 Å². The maximum atomic E-state index is 12.8. The van der Waals surface area contributed by atoms with Crippen LogP contribution in [0.4, 0.5) is 0 Å². The largest absolute Gasteiger partial charge is 0.338 e. The first-order valence-electron chi connectivity index (χ1n) is 8.38. The van der Waals surface area contributed by atoms with E-state index in [1.54, 1.807) is 30.2 Å². The number of hydrogen-bond acceptors (Lipinski definition) is 7. The number of nitrogens with zero attached hydrogens (tertiary/aromatic N) is 5. The van der Waals surface area contributed by atoms with E-state index in [1.165, 1.54) is 0 Å². The summed E-state index contributed by atoms with van der Waals surface area (Å²) in [6.07, 6.45) is 3.27. The van der Waals surface area contributed by atoms with E-state index in [0.717, 1.165) is 16.2 Å². The third kappa shape index (κ3) is 3.20. The summed E-state index contributed by atoms with van der Waals surface area (Å²) in [5.41, 5.74) is 0.752. The number of benzene rings is 1. The third-order valence-corrected chi connectivity index (χ3v) is 5.10. The Morgan fingerprint density at radius 1 is 1.19 bits per heavy atom. The van der Waals surface area contributed by atoms with Crippen LogP contribution in [0.3, 0.4) is 0 Å². The molecule has 0 spiro atoms. The monoisotopic (exact) mass is 367 g/mol. The molecule has 0 unspecified atom stereocenters. The van der Waals surface area contributed by atoms with Crippen LogP contribution in [0.2, 0.25) is 0 Å². The number of carbonyl (C=O) groups is 1. The van der Waals surface area contributed by atoms with Gasteiger partial charge in [0, 0.05) is 30.4 Å². The Kier molecular flexibility index (Phi) is 4.66. The first-order chi connectivity index (χ1) is 12.8. The number of rotatable bonds is 5. The lowest BCUT2D eigenvalue weighted by molar-refractivity contribution is 0.0565. The Bertz CT molecular complexity index is 909. The summed E-state index contributed by atoms with van der Waals surface area (Å²) in [6, 6.07) is 9.45. The van der Waals surface area contributed by atoms with E-state index >= 15 is 0 Å². The van der Waals surface area contributed by atoms with Crippen LogP contribution in [0.25, 0.3) is 11.6 Å². The van der Waals surface area contributed by atoms with Gasteiger partial charge in [0.25, 0.3) is 5.91 Å². The number of thioether (sulfide) groups is 1. The van der Waals surface area contributed by atoms with Crippen molar-refractivity contribution < 1.29 is 9.32 Å².